The molecule has 2 saturated heterocycles. The van der Waals surface area contributed by atoms with Gasteiger partial charge in [0.1, 0.15) is 29.2 Å². The third kappa shape index (κ3) is 6.45. The second-order valence-corrected chi connectivity index (χ2v) is 13.8. The Balaban J connectivity index is 1.13. The van der Waals surface area contributed by atoms with Gasteiger partial charge in [-0.15, -0.1) is 0 Å². The van der Waals surface area contributed by atoms with Crippen LogP contribution in [0.15, 0.2) is 63.2 Å². The van der Waals surface area contributed by atoms with Gasteiger partial charge in [-0.05, 0) is 49.6 Å². The molecule has 0 radical (unpaired) electrons. The molecule has 0 aliphatic carbocycles. The fraction of sp³-hybridized carbons (Fsp3) is 0.423. The lowest BCUT2D eigenvalue weighted by atomic mass is 9.88. The molecule has 3 heterocycles. The van der Waals surface area contributed by atoms with Crippen LogP contribution < -0.4 is 20.6 Å². The molecule has 0 saturated carbocycles. The van der Waals surface area contributed by atoms with Crippen molar-refractivity contribution < 1.29 is 35.8 Å². The number of sulfonamides is 2. The summed E-state index contributed by atoms with van der Waals surface area (Å²) in [5, 5.41) is 18.7. The minimum Gasteiger partial charge on any atom is -0.491 e. The number of H-pyrrole nitrogens is 1. The number of hydrogen-bond acceptors (Lipinski definition) is 9. The van der Waals surface area contributed by atoms with E-state index in [1.165, 1.54) is 34.6 Å². The van der Waals surface area contributed by atoms with E-state index >= 15 is 0 Å². The first-order chi connectivity index (χ1) is 19.4. The number of halogens is 1. The van der Waals surface area contributed by atoms with Gasteiger partial charge >= 0.3 is 0 Å². The Bertz CT molecular complexity index is 1710. The largest absolute Gasteiger partial charge is 0.491 e. The number of aromatic amines is 1. The van der Waals surface area contributed by atoms with E-state index in [0.717, 1.165) is 12.3 Å². The first kappa shape index (κ1) is 29.6. The van der Waals surface area contributed by atoms with Crippen LogP contribution in [0, 0.1) is 5.82 Å². The Kier molecular flexibility index (Phi) is 8.22. The van der Waals surface area contributed by atoms with E-state index in [4.69, 9.17) is 14.6 Å². The van der Waals surface area contributed by atoms with Crippen molar-refractivity contribution in [1.29, 1.82) is 0 Å². The van der Waals surface area contributed by atoms with Crippen molar-refractivity contribution in [3.63, 3.8) is 0 Å². The molecule has 41 heavy (non-hydrogen) atoms. The van der Waals surface area contributed by atoms with E-state index in [9.17, 15) is 31.1 Å². The molecule has 222 valence electrons. The number of aliphatic hydroxyl groups is 1. The average molecular weight is 611 g/mol. The molecular weight excluding hydrogens is 579 g/mol. The Morgan fingerprint density at radius 1 is 1.20 bits per heavy atom. The zero-order valence-electron chi connectivity index (χ0n) is 22.0. The second-order valence-electron chi connectivity index (χ2n) is 10.4. The Labute approximate surface area is 236 Å². The molecule has 1 aromatic heterocycles. The number of piperidine rings is 1. The van der Waals surface area contributed by atoms with Crippen molar-refractivity contribution in [2.24, 2.45) is 5.14 Å². The number of ether oxygens (including phenoxy) is 2. The summed E-state index contributed by atoms with van der Waals surface area (Å²) < 4.78 is 76.1. The number of rotatable bonds is 9. The summed E-state index contributed by atoms with van der Waals surface area (Å²) in [5.41, 5.74) is -0.934. The summed E-state index contributed by atoms with van der Waals surface area (Å²) in [7, 11) is -7.98. The van der Waals surface area contributed by atoms with Crippen LogP contribution in [0.1, 0.15) is 19.3 Å². The third-order valence-corrected chi connectivity index (χ3v) is 10.3. The van der Waals surface area contributed by atoms with E-state index in [2.05, 4.69) is 10.3 Å². The molecular formula is C26H31FN4O8S2. The Morgan fingerprint density at radius 2 is 1.95 bits per heavy atom. The van der Waals surface area contributed by atoms with E-state index in [0.29, 0.717) is 31.4 Å². The number of benzene rings is 2. The number of nitrogens with one attached hydrogen (secondary N) is 2. The van der Waals surface area contributed by atoms with Gasteiger partial charge in [-0.2, -0.15) is 4.31 Å². The van der Waals surface area contributed by atoms with Crippen molar-refractivity contribution in [2.45, 2.75) is 46.8 Å². The molecule has 2 aliphatic heterocycles. The average Bonchev–Trinajstić information content (AvgIpc) is 3.33. The fourth-order valence-electron chi connectivity index (χ4n) is 5.26. The molecule has 2 aromatic carbocycles. The molecule has 0 unspecified atom stereocenters. The van der Waals surface area contributed by atoms with E-state index in [-0.39, 0.29) is 48.3 Å². The molecule has 5 rings (SSSR count). The standard InChI is InChI=1S/C26H31FN4O8S2/c27-17-4-5-23-22(10-17)25(33)24(14-30-23)41(36,37)31-8-6-26(7-9-31)12-18(15-39-26)29-13-19(32)16-38-20-2-1-3-21(11-20)40(28,34)35/h1-5,10-11,14,18-19,29,32H,6-9,12-13,15-16H2,(H,30,33)(H2,28,34,35)/t18-,19+/m1/s1. The Morgan fingerprint density at radius 3 is 2.68 bits per heavy atom. The van der Waals surface area contributed by atoms with E-state index in [1.807, 2.05) is 0 Å². The van der Waals surface area contributed by atoms with Crippen LogP contribution in [-0.4, -0.2) is 81.8 Å². The second kappa shape index (κ2) is 11.4. The van der Waals surface area contributed by atoms with Gasteiger partial charge < -0.3 is 24.9 Å². The SMILES string of the molecule is NS(=O)(=O)c1cccc(OC[C@@H](O)CN[C@H]2COC3(CCN(S(=O)(=O)c4c[nH]c5ccc(F)cc5c4=O)CC3)C2)c1. The molecule has 0 amide bonds. The number of pyridine rings is 1. The highest BCUT2D eigenvalue weighted by Gasteiger charge is 2.45. The maximum Gasteiger partial charge on any atom is 0.248 e. The van der Waals surface area contributed by atoms with Crippen molar-refractivity contribution in [1.82, 2.24) is 14.6 Å². The molecule has 0 bridgehead atoms. The van der Waals surface area contributed by atoms with Crippen LogP contribution in [0.4, 0.5) is 4.39 Å². The topological polar surface area (TPSA) is 181 Å². The highest BCUT2D eigenvalue weighted by molar-refractivity contribution is 7.89. The van der Waals surface area contributed by atoms with Crippen LogP contribution in [-0.2, 0) is 24.8 Å². The predicted octanol–water partition coefficient (Wildman–Crippen LogP) is 0.656. The number of nitrogens with zero attached hydrogens (tertiary/aromatic N) is 1. The first-order valence-corrected chi connectivity index (χ1v) is 16.0. The van der Waals surface area contributed by atoms with Crippen LogP contribution in [0.2, 0.25) is 0 Å². The number of nitrogens with two attached hydrogens (primary N) is 1. The monoisotopic (exact) mass is 610 g/mol. The molecule has 5 N–H and O–H groups in total. The number of fused-ring (bicyclic) bond motifs is 1. The maximum atomic E-state index is 13.7. The van der Waals surface area contributed by atoms with E-state index in [1.54, 1.807) is 6.07 Å². The van der Waals surface area contributed by atoms with Gasteiger partial charge in [0, 0.05) is 48.8 Å². The lowest BCUT2D eigenvalue weighted by molar-refractivity contribution is -0.0312. The number of hydrogen-bond donors (Lipinski definition) is 4. The molecule has 2 atom stereocenters. The number of primary sulfonamides is 1. The van der Waals surface area contributed by atoms with Crippen LogP contribution in [0.5, 0.6) is 5.75 Å². The maximum absolute atomic E-state index is 13.7. The first-order valence-electron chi connectivity index (χ1n) is 13.0. The summed E-state index contributed by atoms with van der Waals surface area (Å²) in [5.74, 6) is -0.368. The molecule has 2 fully saturated rings. The zero-order valence-corrected chi connectivity index (χ0v) is 23.6. The summed E-state index contributed by atoms with van der Waals surface area (Å²) in [6, 6.07) is 9.21. The molecule has 15 heteroatoms. The highest BCUT2D eigenvalue weighted by Crippen LogP contribution is 2.37. The summed E-state index contributed by atoms with van der Waals surface area (Å²) in [6.45, 7) is 0.818. The lowest BCUT2D eigenvalue weighted by Gasteiger charge is -2.37. The van der Waals surface area contributed by atoms with Crippen molar-refractivity contribution in [3.8, 4) is 5.75 Å². The smallest absolute Gasteiger partial charge is 0.248 e. The molecule has 1 spiro atoms. The molecule has 2 aliphatic rings. The summed E-state index contributed by atoms with van der Waals surface area (Å²) in [4.78, 5) is 15.1. The van der Waals surface area contributed by atoms with Crippen molar-refractivity contribution in [2.75, 3.05) is 32.8 Å². The number of aromatic nitrogens is 1. The van der Waals surface area contributed by atoms with Gasteiger partial charge in [0.25, 0.3) is 0 Å². The van der Waals surface area contributed by atoms with Crippen LogP contribution in [0.25, 0.3) is 10.9 Å². The molecule has 12 nitrogen and oxygen atoms in total. The van der Waals surface area contributed by atoms with E-state index < -0.39 is 47.9 Å². The van der Waals surface area contributed by atoms with Gasteiger partial charge in [-0.25, -0.2) is 26.4 Å². The third-order valence-electron chi connectivity index (χ3n) is 7.49. The zero-order chi connectivity index (χ0) is 29.4. The predicted molar refractivity (Wildman–Crippen MR) is 147 cm³/mol. The highest BCUT2D eigenvalue weighted by atomic mass is 32.2. The van der Waals surface area contributed by atoms with Gasteiger partial charge in [0.15, 0.2) is 0 Å². The fourth-order valence-corrected chi connectivity index (χ4v) is 7.30. The minimum absolute atomic E-state index is 0.0304. The summed E-state index contributed by atoms with van der Waals surface area (Å²) >= 11 is 0. The van der Waals surface area contributed by atoms with Gasteiger partial charge in [-0.1, -0.05) is 6.07 Å². The lowest BCUT2D eigenvalue weighted by Crippen LogP contribution is -2.47. The van der Waals surface area contributed by atoms with Gasteiger partial charge in [0.05, 0.1) is 17.1 Å². The van der Waals surface area contributed by atoms with Crippen molar-refractivity contribution in [3.05, 3.63) is 64.7 Å². The Hall–Kier alpha value is -2.92. The van der Waals surface area contributed by atoms with Gasteiger partial charge in [0.2, 0.25) is 25.5 Å². The van der Waals surface area contributed by atoms with Crippen LogP contribution >= 0.6 is 0 Å². The van der Waals surface area contributed by atoms with Gasteiger partial charge in [-0.3, -0.25) is 4.79 Å². The van der Waals surface area contributed by atoms with Crippen LogP contribution in [0.3, 0.4) is 0 Å². The van der Waals surface area contributed by atoms with Crippen molar-refractivity contribution >= 4 is 30.9 Å². The minimum atomic E-state index is -4.11. The quantitative estimate of drug-likeness (QED) is 0.271. The molecule has 3 aromatic rings. The summed E-state index contributed by atoms with van der Waals surface area (Å²) in [6.07, 6.45) is 1.73. The number of aliphatic hydroxyl groups excluding tert-OH is 1. The normalized spacial score (nSPS) is 20.4.